The first-order valence-electron chi connectivity index (χ1n) is 9.93. The van der Waals surface area contributed by atoms with Crippen molar-refractivity contribution in [1.82, 2.24) is 14.8 Å². The molecule has 1 aliphatic carbocycles. The zero-order valence-corrected chi connectivity index (χ0v) is 17.9. The average Bonchev–Trinajstić information content (AvgIpc) is 3.12. The molecule has 0 radical (unpaired) electrons. The highest BCUT2D eigenvalue weighted by Crippen LogP contribution is 2.38. The Morgan fingerprint density at radius 1 is 1.35 bits per heavy atom. The number of carbonyl (C=O) groups is 1. The van der Waals surface area contributed by atoms with Crippen molar-refractivity contribution in [3.05, 3.63) is 41.3 Å². The number of sulfonamides is 1. The first kappa shape index (κ1) is 19.8. The Kier molecular flexibility index (Phi) is 4.26. The minimum absolute atomic E-state index is 0.0417. The predicted octanol–water partition coefficient (Wildman–Crippen LogP) is 1.65. The molecule has 9 nitrogen and oxygen atoms in total. The molecule has 2 aliphatic heterocycles. The Bertz CT molecular complexity index is 1270. The lowest BCUT2D eigenvalue weighted by Crippen LogP contribution is -2.52. The second kappa shape index (κ2) is 6.67. The summed E-state index contributed by atoms with van der Waals surface area (Å²) < 4.78 is 33.7. The van der Waals surface area contributed by atoms with Gasteiger partial charge in [-0.15, -0.1) is 6.42 Å². The molecule has 1 atom stereocenters. The standard InChI is InChI=1S/C21H21N5O4S/c1-4-14-11-22-20-25(12-15-9-13(2)23-30-15)19(27)17-10-16(5-6-18(17)26(14)20)31(28,29)24-21(3)7-8-21/h1,5-6,9-10,14,24H,7-8,11-12H2,2-3H3/t14-/m1/s1. The number of carbonyl (C=O) groups excluding carboxylic acids is 1. The monoisotopic (exact) mass is 439 g/mol. The third kappa shape index (κ3) is 3.30. The summed E-state index contributed by atoms with van der Waals surface area (Å²) >= 11 is 0. The van der Waals surface area contributed by atoms with Crippen molar-refractivity contribution >= 4 is 27.6 Å². The van der Waals surface area contributed by atoms with Gasteiger partial charge in [-0.05, 0) is 44.9 Å². The number of aromatic nitrogens is 1. The molecule has 3 heterocycles. The number of amides is 1. The Morgan fingerprint density at radius 2 is 2.13 bits per heavy atom. The van der Waals surface area contributed by atoms with E-state index in [1.807, 2.05) is 6.92 Å². The van der Waals surface area contributed by atoms with E-state index < -0.39 is 15.6 Å². The Morgan fingerprint density at radius 3 is 2.77 bits per heavy atom. The number of hydrogen-bond donors (Lipinski definition) is 1. The second-order valence-electron chi connectivity index (χ2n) is 8.36. The number of rotatable bonds is 5. The van der Waals surface area contributed by atoms with E-state index in [0.29, 0.717) is 29.6 Å². The van der Waals surface area contributed by atoms with Gasteiger partial charge in [0, 0.05) is 11.6 Å². The minimum atomic E-state index is -3.76. The number of terminal acetylenes is 1. The lowest BCUT2D eigenvalue weighted by atomic mass is 10.1. The first-order valence-corrected chi connectivity index (χ1v) is 11.4. The fourth-order valence-corrected chi connectivity index (χ4v) is 5.34. The van der Waals surface area contributed by atoms with Gasteiger partial charge >= 0.3 is 0 Å². The van der Waals surface area contributed by atoms with E-state index in [9.17, 15) is 13.2 Å². The summed E-state index contributed by atoms with van der Waals surface area (Å²) in [5.74, 6) is 3.25. The Labute approximate surface area is 180 Å². The van der Waals surface area contributed by atoms with Gasteiger partial charge in [0.1, 0.15) is 6.04 Å². The molecular weight excluding hydrogens is 418 g/mol. The minimum Gasteiger partial charge on any atom is -0.359 e. The fourth-order valence-electron chi connectivity index (χ4n) is 3.85. The van der Waals surface area contributed by atoms with Crippen LogP contribution in [0.4, 0.5) is 5.69 Å². The summed E-state index contributed by atoms with van der Waals surface area (Å²) in [7, 11) is -3.76. The quantitative estimate of drug-likeness (QED) is 0.710. The molecule has 5 rings (SSSR count). The van der Waals surface area contributed by atoms with E-state index in [1.54, 1.807) is 24.0 Å². The van der Waals surface area contributed by atoms with E-state index in [4.69, 9.17) is 10.9 Å². The lowest BCUT2D eigenvalue weighted by Gasteiger charge is -2.37. The normalized spacial score (nSPS) is 21.4. The summed E-state index contributed by atoms with van der Waals surface area (Å²) in [6.07, 6.45) is 7.29. The number of guanidine groups is 1. The molecule has 2 aromatic rings. The number of aryl methyl sites for hydroxylation is 1. The zero-order chi connectivity index (χ0) is 22.0. The molecule has 1 fully saturated rings. The van der Waals surface area contributed by atoms with Gasteiger partial charge in [-0.3, -0.25) is 14.6 Å². The first-order chi connectivity index (χ1) is 14.7. The molecule has 1 aromatic carbocycles. The number of hydrogen-bond acceptors (Lipinski definition) is 7. The molecule has 1 amide bonds. The van der Waals surface area contributed by atoms with Crippen molar-refractivity contribution in [1.29, 1.82) is 0 Å². The molecule has 0 unspecified atom stereocenters. The second-order valence-corrected chi connectivity index (χ2v) is 10.0. The number of nitrogens with one attached hydrogen (secondary N) is 1. The van der Waals surface area contributed by atoms with Crippen molar-refractivity contribution in [2.24, 2.45) is 4.99 Å². The smallest absolute Gasteiger partial charge is 0.263 e. The van der Waals surface area contributed by atoms with Crippen LogP contribution in [-0.2, 0) is 16.6 Å². The maximum Gasteiger partial charge on any atom is 0.263 e. The molecule has 1 aromatic heterocycles. The molecule has 160 valence electrons. The number of nitrogens with zero attached hydrogens (tertiary/aromatic N) is 4. The van der Waals surface area contributed by atoms with E-state index >= 15 is 0 Å². The van der Waals surface area contributed by atoms with Gasteiger partial charge in [-0.1, -0.05) is 11.1 Å². The van der Waals surface area contributed by atoms with Crippen molar-refractivity contribution in [3.63, 3.8) is 0 Å². The lowest BCUT2D eigenvalue weighted by molar-refractivity contribution is 0.0823. The van der Waals surface area contributed by atoms with Crippen LogP contribution in [0.25, 0.3) is 0 Å². The summed E-state index contributed by atoms with van der Waals surface area (Å²) in [6, 6.07) is 5.90. The highest BCUT2D eigenvalue weighted by molar-refractivity contribution is 7.89. The van der Waals surface area contributed by atoms with Crippen LogP contribution in [0.2, 0.25) is 0 Å². The van der Waals surface area contributed by atoms with E-state index in [-0.39, 0.29) is 29.0 Å². The number of benzene rings is 1. The van der Waals surface area contributed by atoms with Crippen molar-refractivity contribution < 1.29 is 17.7 Å². The summed E-state index contributed by atoms with van der Waals surface area (Å²) in [6.45, 7) is 4.10. The molecule has 1 N–H and O–H groups in total. The van der Waals surface area contributed by atoms with Gasteiger partial charge in [0.25, 0.3) is 5.91 Å². The summed E-state index contributed by atoms with van der Waals surface area (Å²) in [4.78, 5) is 21.2. The van der Waals surface area contributed by atoms with Crippen LogP contribution in [0.15, 0.2) is 38.7 Å². The van der Waals surface area contributed by atoms with Gasteiger partial charge in [0.05, 0.1) is 34.9 Å². The van der Waals surface area contributed by atoms with Crippen LogP contribution in [0.3, 0.4) is 0 Å². The highest BCUT2D eigenvalue weighted by atomic mass is 32.2. The van der Waals surface area contributed by atoms with Gasteiger partial charge < -0.3 is 4.52 Å². The maximum absolute atomic E-state index is 13.4. The average molecular weight is 439 g/mol. The van der Waals surface area contributed by atoms with Gasteiger partial charge in [-0.2, -0.15) is 0 Å². The largest absolute Gasteiger partial charge is 0.359 e. The third-order valence-corrected chi connectivity index (χ3v) is 7.39. The van der Waals surface area contributed by atoms with E-state index in [0.717, 1.165) is 12.8 Å². The van der Waals surface area contributed by atoms with Gasteiger partial charge in [0.15, 0.2) is 5.76 Å². The van der Waals surface area contributed by atoms with Crippen molar-refractivity contribution in [3.8, 4) is 12.3 Å². The van der Waals surface area contributed by atoms with Crippen LogP contribution in [0.1, 0.15) is 41.6 Å². The van der Waals surface area contributed by atoms with Crippen molar-refractivity contribution in [2.45, 2.75) is 49.7 Å². The molecule has 1 saturated carbocycles. The Hall–Kier alpha value is -3.16. The molecular formula is C21H21N5O4S. The SMILES string of the molecule is C#C[C@@H]1CN=C2N(Cc3cc(C)no3)C(=O)c3cc(S(=O)(=O)NC4(C)CC4)ccc3N21. The van der Waals surface area contributed by atoms with Crippen LogP contribution in [-0.4, -0.2) is 48.5 Å². The molecule has 0 bridgehead atoms. The highest BCUT2D eigenvalue weighted by Gasteiger charge is 2.44. The predicted molar refractivity (Wildman–Crippen MR) is 113 cm³/mol. The third-order valence-electron chi connectivity index (χ3n) is 5.75. The fraction of sp³-hybridized carbons (Fsp3) is 0.381. The van der Waals surface area contributed by atoms with Crippen LogP contribution in [0, 0.1) is 19.3 Å². The molecule has 31 heavy (non-hydrogen) atoms. The molecule has 0 saturated heterocycles. The van der Waals surface area contributed by atoms with Crippen LogP contribution in [0.5, 0.6) is 0 Å². The topological polar surface area (TPSA) is 108 Å². The zero-order valence-electron chi connectivity index (χ0n) is 17.1. The van der Waals surface area contributed by atoms with Crippen LogP contribution < -0.4 is 9.62 Å². The molecule has 0 spiro atoms. The van der Waals surface area contributed by atoms with Gasteiger partial charge in [-0.25, -0.2) is 18.1 Å². The number of anilines is 1. The number of aliphatic imine (C=N–C) groups is 1. The molecule has 3 aliphatic rings. The van der Waals surface area contributed by atoms with Crippen molar-refractivity contribution in [2.75, 3.05) is 11.4 Å². The Balaban J connectivity index is 1.57. The number of fused-ring (bicyclic) bond motifs is 3. The van der Waals surface area contributed by atoms with Gasteiger partial charge in [0.2, 0.25) is 16.0 Å². The van der Waals surface area contributed by atoms with Crippen LogP contribution >= 0.6 is 0 Å². The summed E-state index contributed by atoms with van der Waals surface area (Å²) in [5.41, 5.74) is 1.07. The maximum atomic E-state index is 13.4. The van der Waals surface area contributed by atoms with E-state index in [1.165, 1.54) is 17.0 Å². The van der Waals surface area contributed by atoms with E-state index in [2.05, 4.69) is 20.8 Å². The molecule has 10 heteroatoms. The summed E-state index contributed by atoms with van der Waals surface area (Å²) in [5, 5.41) is 3.87.